The fourth-order valence-electron chi connectivity index (χ4n) is 2.93. The molecule has 1 rings (SSSR count). The lowest BCUT2D eigenvalue weighted by Crippen LogP contribution is -2.28. The van der Waals surface area contributed by atoms with E-state index in [0.29, 0.717) is 13.2 Å². The fourth-order valence-corrected chi connectivity index (χ4v) is 2.93. The van der Waals surface area contributed by atoms with Crippen molar-refractivity contribution in [3.63, 3.8) is 0 Å². The maximum atomic E-state index is 11.7. The monoisotopic (exact) mass is 320 g/mol. The zero-order chi connectivity index (χ0) is 16.6. The molecule has 23 heavy (non-hydrogen) atoms. The first-order chi connectivity index (χ1) is 11.3. The lowest BCUT2D eigenvalue weighted by atomic mass is 10.1. The second-order valence-corrected chi connectivity index (χ2v) is 6.62. The minimum Gasteiger partial charge on any atom is -0.534 e. The SMILES string of the molecule is CCCCCCCCCCCC[O+]([O-])CCCc1ccccc1. The average molecular weight is 321 g/mol. The summed E-state index contributed by atoms with van der Waals surface area (Å²) in [6.45, 7) is 3.48. The normalized spacial score (nSPS) is 11.3. The van der Waals surface area contributed by atoms with E-state index in [0.717, 1.165) is 19.3 Å². The predicted molar refractivity (Wildman–Crippen MR) is 97.4 cm³/mol. The number of unbranched alkanes of at least 4 members (excludes halogenated alkanes) is 9. The summed E-state index contributed by atoms with van der Waals surface area (Å²) >= 11 is 0. The van der Waals surface area contributed by atoms with Gasteiger partial charge in [0.2, 0.25) is 0 Å². The largest absolute Gasteiger partial charge is 0.534 e. The molecule has 0 heterocycles. The Morgan fingerprint density at radius 2 is 1.22 bits per heavy atom. The van der Waals surface area contributed by atoms with Gasteiger partial charge in [0.1, 0.15) is 0 Å². The van der Waals surface area contributed by atoms with E-state index in [2.05, 4.69) is 35.7 Å². The van der Waals surface area contributed by atoms with Crippen molar-refractivity contribution < 1.29 is 9.78 Å². The van der Waals surface area contributed by atoms with Crippen molar-refractivity contribution in [3.05, 3.63) is 35.9 Å². The van der Waals surface area contributed by atoms with Gasteiger partial charge in [-0.05, 0) is 18.4 Å². The fraction of sp³-hybridized carbons (Fsp3) is 0.714. The molecule has 0 spiro atoms. The Balaban J connectivity index is 1.84. The van der Waals surface area contributed by atoms with E-state index in [1.54, 1.807) is 0 Å². The van der Waals surface area contributed by atoms with Crippen LogP contribution in [0, 0.1) is 0 Å². The smallest absolute Gasteiger partial charge is 0.151 e. The Hall–Kier alpha value is -0.860. The van der Waals surface area contributed by atoms with E-state index < -0.39 is 0 Å². The van der Waals surface area contributed by atoms with Crippen LogP contribution in [0.15, 0.2) is 30.3 Å². The number of benzene rings is 1. The van der Waals surface area contributed by atoms with Gasteiger partial charge in [0, 0.05) is 12.8 Å². The summed E-state index contributed by atoms with van der Waals surface area (Å²) < 4.78 is 2.06. The van der Waals surface area contributed by atoms with Gasteiger partial charge >= 0.3 is 0 Å². The molecule has 2 nitrogen and oxygen atoms in total. The van der Waals surface area contributed by atoms with Gasteiger partial charge in [-0.3, -0.25) is 0 Å². The number of rotatable bonds is 15. The Labute approximate surface area is 143 Å². The van der Waals surface area contributed by atoms with Crippen LogP contribution in [0.4, 0.5) is 0 Å². The minimum atomic E-state index is 0.590. The van der Waals surface area contributed by atoms with E-state index in [1.165, 1.54) is 63.4 Å². The Bertz CT molecular complexity index is 350. The lowest BCUT2D eigenvalue weighted by Gasteiger charge is -2.20. The van der Waals surface area contributed by atoms with Gasteiger partial charge < -0.3 is 9.78 Å². The van der Waals surface area contributed by atoms with Crippen LogP contribution in [0.5, 0.6) is 0 Å². The zero-order valence-corrected chi connectivity index (χ0v) is 15.1. The van der Waals surface area contributed by atoms with E-state index in [-0.39, 0.29) is 0 Å². The van der Waals surface area contributed by atoms with E-state index in [4.69, 9.17) is 0 Å². The van der Waals surface area contributed by atoms with Crippen LogP contribution in [0.3, 0.4) is 0 Å². The van der Waals surface area contributed by atoms with Crippen LogP contribution in [-0.4, -0.2) is 13.2 Å². The highest BCUT2D eigenvalue weighted by Crippen LogP contribution is 2.11. The minimum absolute atomic E-state index is 0.590. The number of aryl methyl sites for hydroxylation is 1. The molecule has 0 aromatic heterocycles. The van der Waals surface area contributed by atoms with E-state index in [9.17, 15) is 5.26 Å². The summed E-state index contributed by atoms with van der Waals surface area (Å²) in [6, 6.07) is 10.4. The Morgan fingerprint density at radius 3 is 1.83 bits per heavy atom. The van der Waals surface area contributed by atoms with Gasteiger partial charge in [0.25, 0.3) is 0 Å². The molecule has 1 aromatic carbocycles. The van der Waals surface area contributed by atoms with Crippen LogP contribution < -0.4 is 5.26 Å². The molecule has 0 aliphatic carbocycles. The van der Waals surface area contributed by atoms with Gasteiger partial charge in [0.15, 0.2) is 13.2 Å². The predicted octanol–water partition coefficient (Wildman–Crippen LogP) is 5.37. The molecule has 0 aliphatic heterocycles. The lowest BCUT2D eigenvalue weighted by molar-refractivity contribution is -0.795. The molecule has 0 aliphatic rings. The summed E-state index contributed by atoms with van der Waals surface area (Å²) in [5.74, 6) is 0. The second-order valence-electron chi connectivity index (χ2n) is 6.62. The van der Waals surface area contributed by atoms with E-state index >= 15 is 0 Å². The van der Waals surface area contributed by atoms with Gasteiger partial charge in [-0.25, -0.2) is 0 Å². The Kier molecular flexibility index (Phi) is 12.9. The molecule has 0 fully saturated rings. The summed E-state index contributed by atoms with van der Waals surface area (Å²) in [4.78, 5) is 0. The zero-order valence-electron chi connectivity index (χ0n) is 15.1. The first kappa shape index (κ1) is 20.2. The van der Waals surface area contributed by atoms with Crippen molar-refractivity contribution in [1.29, 1.82) is 0 Å². The summed E-state index contributed by atoms with van der Waals surface area (Å²) in [5, 5.41) is 11.7. The summed E-state index contributed by atoms with van der Waals surface area (Å²) in [5.41, 5.74) is 1.32. The van der Waals surface area contributed by atoms with Crippen molar-refractivity contribution in [2.24, 2.45) is 0 Å². The van der Waals surface area contributed by atoms with Crippen molar-refractivity contribution in [2.45, 2.75) is 84.0 Å². The van der Waals surface area contributed by atoms with Crippen LogP contribution in [0.25, 0.3) is 0 Å². The van der Waals surface area contributed by atoms with Crippen LogP contribution in [0.1, 0.15) is 83.1 Å². The molecule has 2 heteroatoms. The Morgan fingerprint density at radius 1 is 0.696 bits per heavy atom. The average Bonchev–Trinajstić information content (AvgIpc) is 2.57. The van der Waals surface area contributed by atoms with Crippen molar-refractivity contribution in [3.8, 4) is 0 Å². The first-order valence-corrected chi connectivity index (χ1v) is 9.72. The summed E-state index contributed by atoms with van der Waals surface area (Å²) in [7, 11) is 0. The molecule has 0 bridgehead atoms. The molecule has 0 radical (unpaired) electrons. The molecule has 0 unspecified atom stereocenters. The van der Waals surface area contributed by atoms with Gasteiger partial charge in [-0.1, -0.05) is 88.6 Å². The quantitative estimate of drug-likeness (QED) is 0.185. The van der Waals surface area contributed by atoms with Crippen molar-refractivity contribution in [1.82, 2.24) is 0 Å². The first-order valence-electron chi connectivity index (χ1n) is 9.72. The highest BCUT2D eigenvalue weighted by atomic mass is 17.2. The van der Waals surface area contributed by atoms with Crippen LogP contribution in [0.2, 0.25) is 0 Å². The number of hydrogen-bond acceptors (Lipinski definition) is 1. The molecular weight excluding hydrogens is 284 g/mol. The molecule has 0 saturated carbocycles. The van der Waals surface area contributed by atoms with E-state index in [1.807, 2.05) is 6.07 Å². The highest BCUT2D eigenvalue weighted by molar-refractivity contribution is 5.14. The van der Waals surface area contributed by atoms with Gasteiger partial charge in [-0.2, -0.15) is 0 Å². The molecular formula is C21H36O2. The van der Waals surface area contributed by atoms with Crippen molar-refractivity contribution >= 4 is 0 Å². The third kappa shape index (κ3) is 12.3. The van der Waals surface area contributed by atoms with Gasteiger partial charge in [0.05, 0.1) is 0 Å². The molecule has 132 valence electrons. The number of hydrogen-bond donors (Lipinski definition) is 0. The maximum Gasteiger partial charge on any atom is 0.151 e. The third-order valence-corrected chi connectivity index (χ3v) is 4.41. The highest BCUT2D eigenvalue weighted by Gasteiger charge is 2.01. The second kappa shape index (κ2) is 14.7. The van der Waals surface area contributed by atoms with Crippen LogP contribution in [-0.2, 0) is 10.9 Å². The molecule has 1 aromatic rings. The molecule has 0 amide bonds. The summed E-state index contributed by atoms with van der Waals surface area (Å²) in [6.07, 6.45) is 15.0. The van der Waals surface area contributed by atoms with Gasteiger partial charge in [-0.15, -0.1) is 0 Å². The topological polar surface area (TPSA) is 25.8 Å². The molecule has 0 saturated heterocycles. The molecule has 0 atom stereocenters. The third-order valence-electron chi connectivity index (χ3n) is 4.41. The standard InChI is InChI=1S/C21H36O2/c1-2-3-4-5-6-7-8-9-10-14-19-23(22)20-15-18-21-16-12-11-13-17-21/h11-13,16-17H,2-10,14-15,18-20H2,1H3. The molecule has 0 N–H and O–H groups in total. The van der Waals surface area contributed by atoms with Crippen LogP contribution >= 0.6 is 0 Å². The van der Waals surface area contributed by atoms with Crippen molar-refractivity contribution in [2.75, 3.05) is 13.2 Å². The maximum absolute atomic E-state index is 11.7.